The van der Waals surface area contributed by atoms with Crippen LogP contribution in [0.25, 0.3) is 0 Å². The maximum atomic E-state index is 10.4. The van der Waals surface area contributed by atoms with Gasteiger partial charge in [0.2, 0.25) is 0 Å². The van der Waals surface area contributed by atoms with Crippen LogP contribution in [0, 0.1) is 10.1 Å². The Bertz CT molecular complexity index is 336. The van der Waals surface area contributed by atoms with Gasteiger partial charge in [0.1, 0.15) is 41.3 Å². The van der Waals surface area contributed by atoms with E-state index >= 15 is 0 Å². The van der Waals surface area contributed by atoms with E-state index in [2.05, 4.69) is 4.29 Å². The molecule has 5 nitrogen and oxygen atoms in total. The van der Waals surface area contributed by atoms with Crippen LogP contribution in [-0.4, -0.2) is 8.25 Å². The molecule has 0 saturated carbocycles. The molecule has 0 aliphatic carbocycles. The molecular formula is C7H6ClIN2O3. The Balaban J connectivity index is 2.80. The summed E-state index contributed by atoms with van der Waals surface area (Å²) in [4.78, 5) is 10.4. The molecule has 1 aromatic rings. The summed E-state index contributed by atoms with van der Waals surface area (Å²) in [6, 6.07) is 6.86. The number of hydrazine groups is 1. The van der Waals surface area contributed by atoms with Crippen LogP contribution in [0.5, 0.6) is 5.75 Å². The summed E-state index contributed by atoms with van der Waals surface area (Å²) in [5.41, 5.74) is 0.661. The van der Waals surface area contributed by atoms with Crippen molar-refractivity contribution in [3.63, 3.8) is 0 Å². The second-order valence-corrected chi connectivity index (χ2v) is 3.69. The van der Waals surface area contributed by atoms with E-state index in [1.54, 1.807) is 47.1 Å². The average molecular weight is 328 g/mol. The largest absolute Gasteiger partial charge is 0.385 e. The normalized spacial score (nSPS) is 9.57. The summed E-state index contributed by atoms with van der Waals surface area (Å²) in [5.74, 6) is 0.428. The first-order valence-electron chi connectivity index (χ1n) is 3.59. The van der Waals surface area contributed by atoms with Gasteiger partial charge in [0.25, 0.3) is 0 Å². The highest BCUT2D eigenvalue weighted by molar-refractivity contribution is 14.1. The minimum Gasteiger partial charge on any atom is -0.385 e. The molecule has 0 aliphatic heterocycles. The van der Waals surface area contributed by atoms with Crippen molar-refractivity contribution in [3.8, 4) is 5.75 Å². The van der Waals surface area contributed by atoms with Gasteiger partial charge in [-0.25, -0.2) is 10.1 Å². The van der Waals surface area contributed by atoms with Gasteiger partial charge in [0.05, 0.1) is 0 Å². The van der Waals surface area contributed by atoms with Crippen LogP contribution in [0.4, 0.5) is 0 Å². The molecule has 0 unspecified atom stereocenters. The smallest absolute Gasteiger partial charge is 0.169 e. The van der Waals surface area contributed by atoms with Gasteiger partial charge in [-0.2, -0.15) is 0 Å². The lowest BCUT2D eigenvalue weighted by Crippen LogP contribution is -2.18. The number of benzene rings is 1. The second kappa shape index (κ2) is 5.20. The fourth-order valence-corrected chi connectivity index (χ4v) is 1.43. The van der Waals surface area contributed by atoms with Crippen LogP contribution in [0.15, 0.2) is 24.3 Å². The Labute approximate surface area is 99.4 Å². The molecule has 76 valence electrons. The zero-order chi connectivity index (χ0) is 10.6. The summed E-state index contributed by atoms with van der Waals surface area (Å²) in [6.07, 6.45) is 0. The van der Waals surface area contributed by atoms with E-state index in [1.807, 2.05) is 0 Å². The highest BCUT2D eigenvalue weighted by atomic mass is 127. The first kappa shape index (κ1) is 11.3. The standard InChI is InChI=1S/C7H6ClIN2O3/c8-14-7-4-2-1-3-6(7)5-10(9)11(12)13/h1-4H,5H2. The van der Waals surface area contributed by atoms with Crippen LogP contribution in [0.1, 0.15) is 5.56 Å². The molecule has 0 atom stereocenters. The third kappa shape index (κ3) is 2.88. The van der Waals surface area contributed by atoms with E-state index in [9.17, 15) is 10.1 Å². The maximum Gasteiger partial charge on any atom is 0.169 e. The molecule has 1 aromatic carbocycles. The van der Waals surface area contributed by atoms with Crippen LogP contribution in [0.2, 0.25) is 0 Å². The molecule has 0 N–H and O–H groups in total. The van der Waals surface area contributed by atoms with Crippen molar-refractivity contribution in [2.75, 3.05) is 0 Å². The predicted molar refractivity (Wildman–Crippen MR) is 59.5 cm³/mol. The third-order valence-corrected chi connectivity index (χ3v) is 2.39. The van der Waals surface area contributed by atoms with E-state index in [0.29, 0.717) is 11.3 Å². The van der Waals surface area contributed by atoms with Crippen molar-refractivity contribution in [1.29, 1.82) is 0 Å². The maximum absolute atomic E-state index is 10.4. The zero-order valence-corrected chi connectivity index (χ0v) is 9.81. The van der Waals surface area contributed by atoms with Gasteiger partial charge in [0.15, 0.2) is 10.8 Å². The summed E-state index contributed by atoms with van der Waals surface area (Å²) in [7, 11) is 0. The molecule has 0 aromatic heterocycles. The van der Waals surface area contributed by atoms with Crippen molar-refractivity contribution in [1.82, 2.24) is 3.22 Å². The van der Waals surface area contributed by atoms with Crippen molar-refractivity contribution in [2.45, 2.75) is 6.54 Å². The SMILES string of the molecule is O=[N+]([O-])N(I)Cc1ccccc1OCl. The lowest BCUT2D eigenvalue weighted by molar-refractivity contribution is -0.609. The van der Waals surface area contributed by atoms with Crippen LogP contribution < -0.4 is 4.29 Å². The molecular weight excluding hydrogens is 322 g/mol. The lowest BCUT2D eigenvalue weighted by Gasteiger charge is -2.08. The highest BCUT2D eigenvalue weighted by Gasteiger charge is 2.13. The first-order valence-corrected chi connectivity index (χ1v) is 4.86. The molecule has 1 rings (SSSR count). The van der Waals surface area contributed by atoms with E-state index < -0.39 is 5.03 Å². The fraction of sp³-hybridized carbons (Fsp3) is 0.143. The number of halogens is 2. The van der Waals surface area contributed by atoms with E-state index in [4.69, 9.17) is 11.9 Å². The number of rotatable bonds is 4. The topological polar surface area (TPSA) is 55.6 Å². The Kier molecular flexibility index (Phi) is 4.21. The van der Waals surface area contributed by atoms with Crippen LogP contribution in [-0.2, 0) is 6.54 Å². The summed E-state index contributed by atoms with van der Waals surface area (Å²) >= 11 is 6.81. The molecule has 0 amide bonds. The Hall–Kier alpha value is -0.760. The highest BCUT2D eigenvalue weighted by Crippen LogP contribution is 2.21. The van der Waals surface area contributed by atoms with Crippen molar-refractivity contribution >= 4 is 34.7 Å². The quantitative estimate of drug-likeness (QED) is 0.369. The second-order valence-electron chi connectivity index (χ2n) is 2.42. The van der Waals surface area contributed by atoms with Gasteiger partial charge in [-0.3, -0.25) is 0 Å². The molecule has 0 saturated heterocycles. The van der Waals surface area contributed by atoms with Crippen molar-refractivity contribution < 1.29 is 9.32 Å². The minimum atomic E-state index is -0.508. The van der Waals surface area contributed by atoms with Gasteiger partial charge in [0, 0.05) is 5.56 Å². The Morgan fingerprint density at radius 3 is 2.79 bits per heavy atom. The minimum absolute atomic E-state index is 0.135. The summed E-state index contributed by atoms with van der Waals surface area (Å²) in [6.45, 7) is 0.135. The molecule has 0 bridgehead atoms. The van der Waals surface area contributed by atoms with E-state index in [0.717, 1.165) is 3.22 Å². The summed E-state index contributed by atoms with van der Waals surface area (Å²) < 4.78 is 5.47. The number of para-hydroxylation sites is 1. The fourth-order valence-electron chi connectivity index (χ4n) is 0.908. The van der Waals surface area contributed by atoms with Gasteiger partial charge >= 0.3 is 0 Å². The molecule has 0 aliphatic rings. The molecule has 0 radical (unpaired) electrons. The van der Waals surface area contributed by atoms with Gasteiger partial charge in [-0.15, -0.1) is 0 Å². The van der Waals surface area contributed by atoms with Gasteiger partial charge in [-0.1, -0.05) is 21.4 Å². The number of hydrogen-bond donors (Lipinski definition) is 0. The van der Waals surface area contributed by atoms with Crippen LogP contribution in [0.3, 0.4) is 0 Å². The lowest BCUT2D eigenvalue weighted by atomic mass is 10.2. The van der Waals surface area contributed by atoms with E-state index in [1.165, 1.54) is 0 Å². The van der Waals surface area contributed by atoms with E-state index in [-0.39, 0.29) is 6.54 Å². The van der Waals surface area contributed by atoms with Gasteiger partial charge < -0.3 is 4.29 Å². The molecule has 7 heteroatoms. The average Bonchev–Trinajstić information content (AvgIpc) is 2.18. The third-order valence-electron chi connectivity index (χ3n) is 1.53. The molecule has 0 fully saturated rings. The monoisotopic (exact) mass is 328 g/mol. The molecule has 0 heterocycles. The molecule has 0 spiro atoms. The molecule has 14 heavy (non-hydrogen) atoms. The zero-order valence-electron chi connectivity index (χ0n) is 6.89. The predicted octanol–water partition coefficient (Wildman–Crippen LogP) is 2.56. The number of nitro groups is 1. The van der Waals surface area contributed by atoms with Crippen LogP contribution >= 0.6 is 34.7 Å². The Morgan fingerprint density at radius 1 is 1.57 bits per heavy atom. The first-order chi connectivity index (χ1) is 6.65. The number of nitrogens with zero attached hydrogens (tertiary/aromatic N) is 2. The number of hydrogen-bond acceptors (Lipinski definition) is 3. The van der Waals surface area contributed by atoms with Crippen molar-refractivity contribution in [2.24, 2.45) is 0 Å². The summed E-state index contributed by atoms with van der Waals surface area (Å²) in [5, 5.41) is 9.85. The Morgan fingerprint density at radius 2 is 2.21 bits per heavy atom. The van der Waals surface area contributed by atoms with Crippen molar-refractivity contribution in [3.05, 3.63) is 39.9 Å². The van der Waals surface area contributed by atoms with Gasteiger partial charge in [-0.05, 0) is 6.07 Å².